The van der Waals surface area contributed by atoms with E-state index in [0.717, 1.165) is 16.6 Å². The Morgan fingerprint density at radius 1 is 0.750 bits per heavy atom. The Labute approximate surface area is 248 Å². The van der Waals surface area contributed by atoms with Crippen molar-refractivity contribution < 1.29 is 5.11 Å². The molecule has 1 aliphatic carbocycles. The maximum Gasteiger partial charge on any atom is 0.142 e. The smallest absolute Gasteiger partial charge is 0.142 e. The number of aromatic amines is 1. The van der Waals surface area contributed by atoms with Crippen LogP contribution in [0.3, 0.4) is 0 Å². The van der Waals surface area contributed by atoms with Gasteiger partial charge in [0, 0.05) is 102 Å². The van der Waals surface area contributed by atoms with E-state index in [1.807, 2.05) is 18.2 Å². The summed E-state index contributed by atoms with van der Waals surface area (Å²) in [4.78, 5) is 8.17. The van der Waals surface area contributed by atoms with Crippen molar-refractivity contribution in [3.8, 4) is 17.1 Å². The molecule has 14 heteroatoms. The SMILES string of the molecule is CC1(C)c2cc3nc(-c4ccccc4O)[nH]c3cc2C(C)(C)C1(C)C.S=S=S=S=S=S=S=S=S=S=S. The van der Waals surface area contributed by atoms with Gasteiger partial charge in [0.15, 0.2) is 0 Å². The van der Waals surface area contributed by atoms with Crippen molar-refractivity contribution in [1.29, 1.82) is 0 Å². The Balaban J connectivity index is 0.000000280. The van der Waals surface area contributed by atoms with Crippen molar-refractivity contribution in [1.82, 2.24) is 9.97 Å². The van der Waals surface area contributed by atoms with Gasteiger partial charge in [-0.25, -0.2) is 4.98 Å². The summed E-state index contributed by atoms with van der Waals surface area (Å²) in [6.45, 7) is 14.1. The summed E-state index contributed by atoms with van der Waals surface area (Å²) in [5.41, 5.74) is 5.76. The third-order valence-corrected chi connectivity index (χ3v) is 25.3. The molecule has 1 heterocycles. The van der Waals surface area contributed by atoms with Crippen molar-refractivity contribution in [3.05, 3.63) is 47.5 Å². The fraction of sp³-hybridized carbons (Fsp3) is 0.409. The molecule has 0 fully saturated rings. The van der Waals surface area contributed by atoms with Gasteiger partial charge in [-0.05, 0) is 51.6 Å². The number of hydrogen-bond acceptors (Lipinski definition) is 4. The number of imidazole rings is 1. The highest BCUT2D eigenvalue weighted by Crippen LogP contribution is 2.61. The second-order valence-corrected chi connectivity index (χ2v) is 25.4. The van der Waals surface area contributed by atoms with E-state index in [1.165, 1.54) is 28.9 Å². The maximum atomic E-state index is 10.1. The van der Waals surface area contributed by atoms with Crippen LogP contribution in [0.25, 0.3) is 22.4 Å². The molecule has 3 nitrogen and oxygen atoms in total. The van der Waals surface area contributed by atoms with Crippen molar-refractivity contribution in [2.75, 3.05) is 0 Å². The van der Waals surface area contributed by atoms with E-state index in [4.69, 9.17) is 4.98 Å². The number of rotatable bonds is 1. The number of nitrogens with zero attached hydrogens (tertiary/aromatic N) is 1. The lowest BCUT2D eigenvalue weighted by Crippen LogP contribution is -2.42. The summed E-state index contributed by atoms with van der Waals surface area (Å²) in [7, 11) is 14.5. The fourth-order valence-electron chi connectivity index (χ4n) is 4.43. The topological polar surface area (TPSA) is 48.9 Å². The zero-order valence-electron chi connectivity index (χ0n) is 20.3. The number of fused-ring (bicyclic) bond motifs is 2. The number of benzene rings is 2. The summed E-state index contributed by atoms with van der Waals surface area (Å²) >= 11 is 9.35. The van der Waals surface area contributed by atoms with Gasteiger partial charge in [0.05, 0.1) is 16.6 Å². The van der Waals surface area contributed by atoms with Crippen LogP contribution in [-0.2, 0) is 113 Å². The minimum absolute atomic E-state index is 0.0635. The summed E-state index contributed by atoms with van der Waals surface area (Å²) in [6, 6.07) is 11.8. The van der Waals surface area contributed by atoms with Crippen LogP contribution >= 0.6 is 0 Å². The molecule has 196 valence electrons. The Morgan fingerprint density at radius 3 is 1.78 bits per heavy atom. The normalized spacial score (nSPS) is 15.9. The van der Waals surface area contributed by atoms with Crippen LogP contribution in [0.5, 0.6) is 5.75 Å². The molecule has 0 unspecified atom stereocenters. The van der Waals surface area contributed by atoms with Gasteiger partial charge in [-0.1, -0.05) is 53.7 Å². The first-order chi connectivity index (χ1) is 17.0. The predicted molar refractivity (Wildman–Crippen MR) is 184 cm³/mol. The minimum atomic E-state index is 0.0635. The molecule has 0 amide bonds. The van der Waals surface area contributed by atoms with Gasteiger partial charge < -0.3 is 10.1 Å². The molecular formula is C22H26N2OS11. The Kier molecular flexibility index (Phi) is 11.1. The highest BCUT2D eigenvalue weighted by molar-refractivity contribution is 8.74. The van der Waals surface area contributed by atoms with Crippen LogP contribution in [-0.4, -0.2) is 15.1 Å². The molecule has 3 aromatic rings. The summed E-state index contributed by atoms with van der Waals surface area (Å²) < 4.78 is 0. The summed E-state index contributed by atoms with van der Waals surface area (Å²) in [5.74, 6) is 0.961. The van der Waals surface area contributed by atoms with Crippen LogP contribution in [0.1, 0.15) is 52.7 Å². The second kappa shape index (κ2) is 13.0. The van der Waals surface area contributed by atoms with E-state index in [-0.39, 0.29) is 22.0 Å². The Bertz CT molecular complexity index is 1600. The van der Waals surface area contributed by atoms with E-state index in [0.29, 0.717) is 5.82 Å². The Morgan fingerprint density at radius 2 is 1.25 bits per heavy atom. The molecule has 0 saturated carbocycles. The maximum absolute atomic E-state index is 10.1. The molecule has 0 atom stereocenters. The third-order valence-electron chi connectivity index (χ3n) is 7.47. The third kappa shape index (κ3) is 6.30. The first kappa shape index (κ1) is 30.7. The largest absolute Gasteiger partial charge is 0.507 e. The molecule has 4 rings (SSSR count). The molecular weight excluding hydrogens is 661 g/mol. The predicted octanol–water partition coefficient (Wildman–Crippen LogP) is 5.50. The fourth-order valence-corrected chi connectivity index (χ4v) is 23.6. The monoisotopic (exact) mass is 686 g/mol. The highest BCUT2D eigenvalue weighted by Gasteiger charge is 2.56. The molecule has 0 spiro atoms. The van der Waals surface area contributed by atoms with Crippen molar-refractivity contribution >= 4 is 113 Å². The molecule has 0 saturated heterocycles. The Hall–Kier alpha value is 0.130. The number of hydrogen-bond donors (Lipinski definition) is 2. The number of aromatic nitrogens is 2. The van der Waals surface area contributed by atoms with E-state index in [1.54, 1.807) is 68.2 Å². The molecule has 2 aromatic carbocycles. The number of nitrogens with one attached hydrogen (secondary N) is 1. The zero-order valence-corrected chi connectivity index (χ0v) is 29.3. The van der Waals surface area contributed by atoms with Gasteiger partial charge in [0.2, 0.25) is 0 Å². The van der Waals surface area contributed by atoms with E-state index in [2.05, 4.69) is 81.0 Å². The number of H-pyrrole nitrogens is 1. The second-order valence-electron chi connectivity index (χ2n) is 9.50. The van der Waals surface area contributed by atoms with Crippen LogP contribution in [0, 0.1) is 5.41 Å². The molecule has 2 N–H and O–H groups in total. The number of phenols is 1. The molecule has 0 bridgehead atoms. The number of phenolic OH excluding ortho intramolecular Hbond substituents is 1. The lowest BCUT2D eigenvalue weighted by atomic mass is 9.59. The van der Waals surface area contributed by atoms with Gasteiger partial charge in [-0.3, -0.25) is 0 Å². The molecule has 36 heavy (non-hydrogen) atoms. The van der Waals surface area contributed by atoms with Crippen molar-refractivity contribution in [2.24, 2.45) is 5.41 Å². The van der Waals surface area contributed by atoms with E-state index >= 15 is 0 Å². The van der Waals surface area contributed by atoms with E-state index in [9.17, 15) is 5.11 Å². The first-order valence-corrected chi connectivity index (χ1v) is 23.9. The van der Waals surface area contributed by atoms with Gasteiger partial charge in [0.1, 0.15) is 11.6 Å². The molecule has 0 radical (unpaired) electrons. The highest BCUT2D eigenvalue weighted by atomic mass is 33.4. The van der Waals surface area contributed by atoms with Gasteiger partial charge >= 0.3 is 0 Å². The molecule has 1 aromatic heterocycles. The van der Waals surface area contributed by atoms with Gasteiger partial charge in [0.25, 0.3) is 0 Å². The standard InChI is InChI=1S/C22H26N2O.S11/c1-20(2)14-11-16-17(12-15(14)21(3,4)22(20,5)6)24-19(23-16)13-9-7-8-10-18(13)25;1-3-5-7-9-11-10-8-6-4-2/h7-12,25H,1-6H3,(H,23,24);. The van der Waals surface area contributed by atoms with Gasteiger partial charge in [-0.15, -0.1) is 0 Å². The van der Waals surface area contributed by atoms with Crippen LogP contribution in [0.15, 0.2) is 36.4 Å². The number of aromatic hydroxyl groups is 1. The zero-order chi connectivity index (χ0) is 26.6. The number of para-hydroxylation sites is 1. The lowest BCUT2D eigenvalue weighted by Gasteiger charge is -2.44. The van der Waals surface area contributed by atoms with Gasteiger partial charge in [-0.2, -0.15) is 0 Å². The molecule has 0 aliphatic heterocycles. The minimum Gasteiger partial charge on any atom is -0.507 e. The first-order valence-electron chi connectivity index (χ1n) is 10.6. The molecule has 1 aliphatic rings. The van der Waals surface area contributed by atoms with E-state index < -0.39 is 0 Å². The van der Waals surface area contributed by atoms with Crippen molar-refractivity contribution in [2.45, 2.75) is 52.4 Å². The van der Waals surface area contributed by atoms with Crippen LogP contribution in [0.4, 0.5) is 0 Å². The lowest BCUT2D eigenvalue weighted by molar-refractivity contribution is 0.125. The van der Waals surface area contributed by atoms with Crippen LogP contribution in [0.2, 0.25) is 0 Å². The summed E-state index contributed by atoms with van der Waals surface area (Å²) in [6.07, 6.45) is 0. The summed E-state index contributed by atoms with van der Waals surface area (Å²) in [5, 5.41) is 10.1. The van der Waals surface area contributed by atoms with Crippen molar-refractivity contribution in [3.63, 3.8) is 0 Å². The average Bonchev–Trinajstić information content (AvgIpc) is 3.29. The average molecular weight is 687 g/mol. The van der Waals surface area contributed by atoms with Crippen LogP contribution < -0.4 is 0 Å². The quantitative estimate of drug-likeness (QED) is 0.355.